The molecular formula is C19H24N4O4S. The zero-order valence-corrected chi connectivity index (χ0v) is 17.0. The minimum Gasteiger partial charge on any atom is -0.350 e. The van der Waals surface area contributed by atoms with Crippen LogP contribution in [-0.4, -0.2) is 55.8 Å². The molecule has 3 rings (SSSR count). The van der Waals surface area contributed by atoms with Gasteiger partial charge in [0.05, 0.1) is 9.82 Å². The first-order valence-electron chi connectivity index (χ1n) is 8.99. The van der Waals surface area contributed by atoms with E-state index in [0.717, 1.165) is 22.9 Å². The van der Waals surface area contributed by atoms with Crippen molar-refractivity contribution in [3.05, 3.63) is 57.6 Å². The Balaban J connectivity index is 1.94. The number of nitrogens with one attached hydrogen (secondary N) is 1. The van der Waals surface area contributed by atoms with Crippen LogP contribution in [0.2, 0.25) is 0 Å². The van der Waals surface area contributed by atoms with E-state index < -0.39 is 14.9 Å². The molecular weight excluding hydrogens is 380 g/mol. The summed E-state index contributed by atoms with van der Waals surface area (Å²) in [6, 6.07) is 9.78. The SMILES string of the molecule is Cc1cc(C)cc(Nc2ccc(S(=O)(=O)N3CCN(C)CC3)cc2[N+](=O)[O-])c1. The number of anilines is 2. The number of hydrogen-bond donors (Lipinski definition) is 1. The van der Waals surface area contributed by atoms with Gasteiger partial charge < -0.3 is 10.2 Å². The predicted molar refractivity (Wildman–Crippen MR) is 109 cm³/mol. The van der Waals surface area contributed by atoms with Crippen LogP contribution in [0.4, 0.5) is 17.1 Å². The first-order chi connectivity index (χ1) is 13.2. The maximum Gasteiger partial charge on any atom is 0.294 e. The van der Waals surface area contributed by atoms with Crippen LogP contribution < -0.4 is 5.32 Å². The summed E-state index contributed by atoms with van der Waals surface area (Å²) in [6.45, 7) is 5.89. The van der Waals surface area contributed by atoms with E-state index >= 15 is 0 Å². The predicted octanol–water partition coefficient (Wildman–Crippen LogP) is 2.89. The number of aryl methyl sites for hydroxylation is 2. The zero-order chi connectivity index (χ0) is 20.5. The highest BCUT2D eigenvalue weighted by atomic mass is 32.2. The molecule has 1 aliphatic rings. The number of nitrogens with zero attached hydrogens (tertiary/aromatic N) is 3. The van der Waals surface area contributed by atoms with Crippen LogP contribution in [0.3, 0.4) is 0 Å². The maximum atomic E-state index is 12.9. The number of sulfonamides is 1. The van der Waals surface area contributed by atoms with Crippen LogP contribution in [0.25, 0.3) is 0 Å². The van der Waals surface area contributed by atoms with Crippen molar-refractivity contribution in [2.24, 2.45) is 0 Å². The Labute approximate surface area is 165 Å². The lowest BCUT2D eigenvalue weighted by Gasteiger charge is -2.31. The molecule has 0 saturated carbocycles. The number of piperazine rings is 1. The summed E-state index contributed by atoms with van der Waals surface area (Å²) >= 11 is 0. The Kier molecular flexibility index (Phi) is 5.69. The fourth-order valence-electron chi connectivity index (χ4n) is 3.31. The molecule has 0 radical (unpaired) electrons. The fourth-order valence-corrected chi connectivity index (χ4v) is 4.75. The summed E-state index contributed by atoms with van der Waals surface area (Å²) in [5.74, 6) is 0. The monoisotopic (exact) mass is 404 g/mol. The smallest absolute Gasteiger partial charge is 0.294 e. The number of nitro benzene ring substituents is 1. The van der Waals surface area contributed by atoms with Crippen molar-refractivity contribution in [3.8, 4) is 0 Å². The highest BCUT2D eigenvalue weighted by Gasteiger charge is 2.29. The van der Waals surface area contributed by atoms with Crippen molar-refractivity contribution in [3.63, 3.8) is 0 Å². The number of rotatable bonds is 5. The van der Waals surface area contributed by atoms with Gasteiger partial charge >= 0.3 is 0 Å². The zero-order valence-electron chi connectivity index (χ0n) is 16.2. The summed E-state index contributed by atoms with van der Waals surface area (Å²) in [4.78, 5) is 13.0. The van der Waals surface area contributed by atoms with Gasteiger partial charge in [-0.25, -0.2) is 8.42 Å². The minimum absolute atomic E-state index is 0.0604. The lowest BCUT2D eigenvalue weighted by Crippen LogP contribution is -2.47. The number of nitro groups is 1. The molecule has 1 heterocycles. The maximum absolute atomic E-state index is 12.9. The molecule has 2 aromatic rings. The van der Waals surface area contributed by atoms with Gasteiger partial charge in [-0.1, -0.05) is 6.07 Å². The first kappa shape index (κ1) is 20.2. The van der Waals surface area contributed by atoms with Gasteiger partial charge in [-0.15, -0.1) is 0 Å². The molecule has 8 nitrogen and oxygen atoms in total. The van der Waals surface area contributed by atoms with Crippen LogP contribution in [0, 0.1) is 24.0 Å². The van der Waals surface area contributed by atoms with Crippen LogP contribution in [0.15, 0.2) is 41.3 Å². The van der Waals surface area contributed by atoms with Gasteiger partial charge in [-0.3, -0.25) is 10.1 Å². The molecule has 0 aromatic heterocycles. The van der Waals surface area contributed by atoms with E-state index in [-0.39, 0.29) is 16.3 Å². The normalized spacial score (nSPS) is 16.1. The fraction of sp³-hybridized carbons (Fsp3) is 0.368. The van der Waals surface area contributed by atoms with E-state index in [1.807, 2.05) is 44.0 Å². The van der Waals surface area contributed by atoms with Crippen LogP contribution in [-0.2, 0) is 10.0 Å². The van der Waals surface area contributed by atoms with E-state index in [1.54, 1.807) is 0 Å². The van der Waals surface area contributed by atoms with Gasteiger partial charge in [-0.2, -0.15) is 4.31 Å². The molecule has 150 valence electrons. The quantitative estimate of drug-likeness (QED) is 0.608. The second-order valence-corrected chi connectivity index (χ2v) is 9.08. The summed E-state index contributed by atoms with van der Waals surface area (Å²) in [5.41, 5.74) is 2.76. The number of likely N-dealkylation sites (N-methyl/N-ethyl adjacent to an activating group) is 1. The molecule has 0 spiro atoms. The number of hydrogen-bond acceptors (Lipinski definition) is 6. The summed E-state index contributed by atoms with van der Waals surface area (Å²) < 4.78 is 27.2. The lowest BCUT2D eigenvalue weighted by atomic mass is 10.1. The molecule has 1 N–H and O–H groups in total. The molecule has 1 aliphatic heterocycles. The van der Waals surface area contributed by atoms with Crippen molar-refractivity contribution in [1.82, 2.24) is 9.21 Å². The Hall–Kier alpha value is -2.49. The van der Waals surface area contributed by atoms with Crippen LogP contribution >= 0.6 is 0 Å². The second kappa shape index (κ2) is 7.86. The molecule has 1 fully saturated rings. The summed E-state index contributed by atoms with van der Waals surface area (Å²) in [5, 5.41) is 14.6. The Morgan fingerprint density at radius 3 is 2.18 bits per heavy atom. The van der Waals surface area contributed by atoms with Gasteiger partial charge in [0.25, 0.3) is 5.69 Å². The third-order valence-electron chi connectivity index (χ3n) is 4.77. The van der Waals surface area contributed by atoms with Crippen molar-refractivity contribution < 1.29 is 13.3 Å². The molecule has 2 aromatic carbocycles. The Morgan fingerprint density at radius 1 is 1.00 bits per heavy atom. The molecule has 0 bridgehead atoms. The van der Waals surface area contributed by atoms with Gasteiger partial charge in [0.15, 0.2) is 0 Å². The van der Waals surface area contributed by atoms with Crippen molar-refractivity contribution in [2.75, 3.05) is 38.5 Å². The highest BCUT2D eigenvalue weighted by molar-refractivity contribution is 7.89. The summed E-state index contributed by atoms with van der Waals surface area (Å²) in [6.07, 6.45) is 0. The molecule has 0 amide bonds. The van der Waals surface area contributed by atoms with Crippen molar-refractivity contribution in [2.45, 2.75) is 18.7 Å². The molecule has 0 atom stereocenters. The molecule has 9 heteroatoms. The Morgan fingerprint density at radius 2 is 1.61 bits per heavy atom. The number of benzene rings is 2. The summed E-state index contributed by atoms with van der Waals surface area (Å²) in [7, 11) is -1.84. The molecule has 0 aliphatic carbocycles. The standard InChI is InChI=1S/C19H24N4O4S/c1-14-10-15(2)12-16(11-14)20-18-5-4-17(13-19(18)23(24)25)28(26,27)22-8-6-21(3)7-9-22/h4-5,10-13,20H,6-9H2,1-3H3. The van der Waals surface area contributed by atoms with Crippen molar-refractivity contribution in [1.29, 1.82) is 0 Å². The van der Waals surface area contributed by atoms with E-state index in [2.05, 4.69) is 5.32 Å². The second-order valence-electron chi connectivity index (χ2n) is 7.14. The topological polar surface area (TPSA) is 95.8 Å². The van der Waals surface area contributed by atoms with Crippen LogP contribution in [0.1, 0.15) is 11.1 Å². The van der Waals surface area contributed by atoms with Crippen LogP contribution in [0.5, 0.6) is 0 Å². The molecule has 0 unspecified atom stereocenters. The first-order valence-corrected chi connectivity index (χ1v) is 10.4. The van der Waals surface area contributed by atoms with Gasteiger partial charge in [0.1, 0.15) is 5.69 Å². The largest absolute Gasteiger partial charge is 0.350 e. The van der Waals surface area contributed by atoms with Gasteiger partial charge in [-0.05, 0) is 56.3 Å². The minimum atomic E-state index is -3.77. The van der Waals surface area contributed by atoms with Gasteiger partial charge in [0, 0.05) is 37.9 Å². The molecule has 1 saturated heterocycles. The van der Waals surface area contributed by atoms with E-state index in [1.165, 1.54) is 16.4 Å². The third kappa shape index (κ3) is 4.32. The van der Waals surface area contributed by atoms with E-state index in [0.29, 0.717) is 26.2 Å². The average molecular weight is 404 g/mol. The van der Waals surface area contributed by atoms with E-state index in [9.17, 15) is 18.5 Å². The van der Waals surface area contributed by atoms with Crippen molar-refractivity contribution >= 4 is 27.1 Å². The molecule has 28 heavy (non-hydrogen) atoms. The third-order valence-corrected chi connectivity index (χ3v) is 6.66. The Bertz CT molecular complexity index is 979. The average Bonchev–Trinajstić information content (AvgIpc) is 2.61. The van der Waals surface area contributed by atoms with Gasteiger partial charge in [0.2, 0.25) is 10.0 Å². The van der Waals surface area contributed by atoms with E-state index in [4.69, 9.17) is 0 Å². The lowest BCUT2D eigenvalue weighted by molar-refractivity contribution is -0.384. The highest BCUT2D eigenvalue weighted by Crippen LogP contribution is 2.32.